The first-order chi connectivity index (χ1) is 6.79. The molecule has 1 atom stereocenters. The largest absolute Gasteiger partial charge is 0.397 e. The van der Waals surface area contributed by atoms with Crippen LogP contribution in [0.15, 0.2) is 0 Å². The quantitative estimate of drug-likeness (QED) is 0.490. The molecule has 0 saturated carbocycles. The Bertz CT molecular complexity index is 119. The first kappa shape index (κ1) is 14.5. The van der Waals surface area contributed by atoms with E-state index in [1.807, 2.05) is 13.8 Å². The molecule has 0 fully saturated rings. The summed E-state index contributed by atoms with van der Waals surface area (Å²) in [6.07, 6.45) is 3.55. The van der Waals surface area contributed by atoms with Crippen LogP contribution in [0, 0.1) is 0 Å². The zero-order valence-corrected chi connectivity index (χ0v) is 11.7. The molecule has 0 saturated heterocycles. The lowest BCUT2D eigenvalue weighted by atomic mass is 10.2. The predicted molar refractivity (Wildman–Crippen MR) is 67.5 cm³/mol. The van der Waals surface area contributed by atoms with Gasteiger partial charge in [-0.3, -0.25) is 0 Å². The Balaban J connectivity index is 3.96. The molecule has 0 aromatic rings. The van der Waals surface area contributed by atoms with Gasteiger partial charge in [0.25, 0.3) is 0 Å². The molecule has 0 rings (SSSR count). The third-order valence-electron chi connectivity index (χ3n) is 2.30. The van der Waals surface area contributed by atoms with Crippen LogP contribution in [-0.2, 0) is 8.85 Å². The SMILES string of the molecule is CCO[SiH](OCC)C(CC)CCCS. The minimum Gasteiger partial charge on any atom is -0.397 e. The van der Waals surface area contributed by atoms with Crippen molar-refractivity contribution in [3.8, 4) is 0 Å². The fraction of sp³-hybridized carbons (Fsp3) is 1.00. The molecular weight excluding hydrogens is 212 g/mol. The van der Waals surface area contributed by atoms with Crippen LogP contribution in [0.3, 0.4) is 0 Å². The van der Waals surface area contributed by atoms with E-state index in [9.17, 15) is 0 Å². The van der Waals surface area contributed by atoms with Crippen molar-refractivity contribution in [2.45, 2.75) is 45.6 Å². The van der Waals surface area contributed by atoms with E-state index in [1.165, 1.54) is 19.3 Å². The van der Waals surface area contributed by atoms with Gasteiger partial charge in [0, 0.05) is 13.2 Å². The highest BCUT2D eigenvalue weighted by Gasteiger charge is 2.23. The van der Waals surface area contributed by atoms with E-state index in [1.54, 1.807) is 0 Å². The van der Waals surface area contributed by atoms with E-state index in [0.29, 0.717) is 5.54 Å². The fourth-order valence-electron chi connectivity index (χ4n) is 1.53. The van der Waals surface area contributed by atoms with Crippen LogP contribution >= 0.6 is 12.6 Å². The highest BCUT2D eigenvalue weighted by Crippen LogP contribution is 2.23. The predicted octanol–water partition coefficient (Wildman–Crippen LogP) is 2.77. The van der Waals surface area contributed by atoms with Crippen molar-refractivity contribution in [3.05, 3.63) is 0 Å². The van der Waals surface area contributed by atoms with Gasteiger partial charge in [-0.15, -0.1) is 0 Å². The zero-order valence-electron chi connectivity index (χ0n) is 9.66. The molecule has 1 unspecified atom stereocenters. The second kappa shape index (κ2) is 10.0. The number of hydrogen-bond donors (Lipinski definition) is 1. The molecule has 0 heterocycles. The van der Waals surface area contributed by atoms with Gasteiger partial charge in [0.1, 0.15) is 0 Å². The lowest BCUT2D eigenvalue weighted by Gasteiger charge is -2.23. The molecule has 0 N–H and O–H groups in total. The maximum atomic E-state index is 5.72. The van der Waals surface area contributed by atoms with Crippen molar-refractivity contribution >= 4 is 21.9 Å². The summed E-state index contributed by atoms with van der Waals surface area (Å²) in [6.45, 7) is 7.89. The van der Waals surface area contributed by atoms with Crippen LogP contribution in [-0.4, -0.2) is 28.3 Å². The molecule has 0 radical (unpaired) electrons. The zero-order chi connectivity index (χ0) is 10.8. The molecule has 0 aliphatic rings. The highest BCUT2D eigenvalue weighted by atomic mass is 32.1. The summed E-state index contributed by atoms with van der Waals surface area (Å²) in [7, 11) is -1.41. The second-order valence-electron chi connectivity index (χ2n) is 3.31. The molecule has 0 amide bonds. The van der Waals surface area contributed by atoms with Crippen LogP contribution < -0.4 is 0 Å². The first-order valence-electron chi connectivity index (χ1n) is 5.64. The van der Waals surface area contributed by atoms with Gasteiger partial charge in [0.05, 0.1) is 0 Å². The maximum absolute atomic E-state index is 5.72. The summed E-state index contributed by atoms with van der Waals surface area (Å²) in [6, 6.07) is 0. The summed E-state index contributed by atoms with van der Waals surface area (Å²) in [5.41, 5.74) is 0.655. The summed E-state index contributed by atoms with van der Waals surface area (Å²) >= 11 is 4.24. The van der Waals surface area contributed by atoms with Gasteiger partial charge in [-0.2, -0.15) is 12.6 Å². The van der Waals surface area contributed by atoms with Crippen LogP contribution in [0.2, 0.25) is 5.54 Å². The minimum atomic E-state index is -1.41. The molecule has 0 spiro atoms. The number of thiol groups is 1. The Hall–Kier alpha value is 0.487. The Labute approximate surface area is 95.6 Å². The van der Waals surface area contributed by atoms with Gasteiger partial charge in [0.15, 0.2) is 0 Å². The second-order valence-corrected chi connectivity index (χ2v) is 6.11. The smallest absolute Gasteiger partial charge is 0.324 e. The van der Waals surface area contributed by atoms with Crippen LogP contribution in [0.5, 0.6) is 0 Å². The first-order valence-corrected chi connectivity index (χ1v) is 7.88. The minimum absolute atomic E-state index is 0.655. The molecule has 86 valence electrons. The van der Waals surface area contributed by atoms with Gasteiger partial charge in [-0.1, -0.05) is 13.3 Å². The van der Waals surface area contributed by atoms with Crippen LogP contribution in [0.4, 0.5) is 0 Å². The van der Waals surface area contributed by atoms with Crippen molar-refractivity contribution < 1.29 is 8.85 Å². The fourth-order valence-corrected chi connectivity index (χ4v) is 3.91. The number of rotatable bonds is 9. The molecule has 4 heteroatoms. The van der Waals surface area contributed by atoms with Crippen molar-refractivity contribution in [3.63, 3.8) is 0 Å². The van der Waals surface area contributed by atoms with Gasteiger partial charge in [-0.05, 0) is 38.0 Å². The van der Waals surface area contributed by atoms with Crippen molar-refractivity contribution in [2.24, 2.45) is 0 Å². The highest BCUT2D eigenvalue weighted by molar-refractivity contribution is 7.80. The molecule has 0 aliphatic heterocycles. The average molecular weight is 236 g/mol. The van der Waals surface area contributed by atoms with E-state index in [2.05, 4.69) is 19.6 Å². The average Bonchev–Trinajstić information content (AvgIpc) is 2.19. The molecule has 14 heavy (non-hydrogen) atoms. The third kappa shape index (κ3) is 6.06. The van der Waals surface area contributed by atoms with Gasteiger partial charge >= 0.3 is 9.28 Å². The summed E-state index contributed by atoms with van der Waals surface area (Å²) < 4.78 is 11.4. The van der Waals surface area contributed by atoms with E-state index in [4.69, 9.17) is 8.85 Å². The van der Waals surface area contributed by atoms with Crippen LogP contribution in [0.25, 0.3) is 0 Å². The Morgan fingerprint density at radius 2 is 1.71 bits per heavy atom. The normalized spacial score (nSPS) is 13.5. The standard InChI is InChI=1S/C10H24O2SSi/c1-4-10(8-7-9-13)14(11-5-2)12-6-3/h10,13-14H,4-9H2,1-3H3. The van der Waals surface area contributed by atoms with Crippen molar-refractivity contribution in [1.82, 2.24) is 0 Å². The molecule has 0 bridgehead atoms. The van der Waals surface area contributed by atoms with Gasteiger partial charge < -0.3 is 8.85 Å². The van der Waals surface area contributed by atoms with E-state index < -0.39 is 9.28 Å². The van der Waals surface area contributed by atoms with Gasteiger partial charge in [0.2, 0.25) is 0 Å². The molecule has 0 aromatic heterocycles. The van der Waals surface area contributed by atoms with Crippen molar-refractivity contribution in [2.75, 3.05) is 19.0 Å². The lowest BCUT2D eigenvalue weighted by Crippen LogP contribution is -2.29. The van der Waals surface area contributed by atoms with Gasteiger partial charge in [-0.25, -0.2) is 0 Å². The summed E-state index contributed by atoms with van der Waals surface area (Å²) in [5.74, 6) is 0.968. The topological polar surface area (TPSA) is 18.5 Å². The molecular formula is C10H24O2SSi. The van der Waals surface area contributed by atoms with E-state index in [0.717, 1.165) is 19.0 Å². The third-order valence-corrected chi connectivity index (χ3v) is 5.52. The van der Waals surface area contributed by atoms with E-state index in [-0.39, 0.29) is 0 Å². The summed E-state index contributed by atoms with van der Waals surface area (Å²) in [5, 5.41) is 0. The summed E-state index contributed by atoms with van der Waals surface area (Å²) in [4.78, 5) is 0. The Morgan fingerprint density at radius 3 is 2.07 bits per heavy atom. The lowest BCUT2D eigenvalue weighted by molar-refractivity contribution is 0.201. The molecule has 0 aromatic carbocycles. The molecule has 0 aliphatic carbocycles. The molecule has 2 nitrogen and oxygen atoms in total. The van der Waals surface area contributed by atoms with Crippen LogP contribution in [0.1, 0.15) is 40.0 Å². The Morgan fingerprint density at radius 1 is 1.14 bits per heavy atom. The monoisotopic (exact) mass is 236 g/mol. The van der Waals surface area contributed by atoms with Crippen molar-refractivity contribution in [1.29, 1.82) is 0 Å². The number of hydrogen-bond acceptors (Lipinski definition) is 3. The maximum Gasteiger partial charge on any atom is 0.324 e. The van der Waals surface area contributed by atoms with E-state index >= 15 is 0 Å². The Kier molecular flexibility index (Phi) is 10.4.